The number of hydrogen-bond donors (Lipinski definition) is 2. The predicted octanol–water partition coefficient (Wildman–Crippen LogP) is 3.97. The molecule has 0 aliphatic heterocycles. The zero-order valence-electron chi connectivity index (χ0n) is 14.4. The smallest absolute Gasteiger partial charge is 0.229 e. The van der Waals surface area contributed by atoms with E-state index < -0.39 is 10.0 Å². The fourth-order valence-electron chi connectivity index (χ4n) is 2.95. The number of anilines is 1. The number of nitrogens with one attached hydrogen (secondary N) is 1. The maximum atomic E-state index is 11.7. The number of aryl methyl sites for hydroxylation is 3. The highest BCUT2D eigenvalue weighted by Gasteiger charge is 2.19. The van der Waals surface area contributed by atoms with Gasteiger partial charge in [0.15, 0.2) is 0 Å². The van der Waals surface area contributed by atoms with Gasteiger partial charge in [-0.05, 0) is 74.6 Å². The first-order valence-electron chi connectivity index (χ1n) is 7.40. The van der Waals surface area contributed by atoms with Crippen molar-refractivity contribution in [2.24, 2.45) is 0 Å². The van der Waals surface area contributed by atoms with Gasteiger partial charge < -0.3 is 5.11 Å². The topological polar surface area (TPSA) is 66.4 Å². The van der Waals surface area contributed by atoms with Crippen molar-refractivity contribution >= 4 is 15.7 Å². The molecule has 0 radical (unpaired) electrons. The molecule has 23 heavy (non-hydrogen) atoms. The number of phenolic OH excluding ortho intramolecular Hbond substituents is 1. The highest BCUT2D eigenvalue weighted by Crippen LogP contribution is 2.42. The molecule has 0 aliphatic carbocycles. The Morgan fingerprint density at radius 1 is 0.870 bits per heavy atom. The summed E-state index contributed by atoms with van der Waals surface area (Å²) in [6.07, 6.45) is 1.13. The number of benzene rings is 2. The van der Waals surface area contributed by atoms with Crippen molar-refractivity contribution in [3.63, 3.8) is 0 Å². The van der Waals surface area contributed by atoms with E-state index in [1.54, 1.807) is 6.07 Å². The molecule has 0 bridgehead atoms. The minimum atomic E-state index is -3.42. The van der Waals surface area contributed by atoms with Gasteiger partial charge in [0.05, 0.1) is 11.9 Å². The summed E-state index contributed by atoms with van der Waals surface area (Å²) in [5, 5.41) is 10.5. The highest BCUT2D eigenvalue weighted by molar-refractivity contribution is 7.92. The van der Waals surface area contributed by atoms with E-state index in [4.69, 9.17) is 0 Å². The number of sulfonamides is 1. The molecule has 2 rings (SSSR count). The van der Waals surface area contributed by atoms with Crippen LogP contribution in [0, 0.1) is 34.6 Å². The molecule has 0 aromatic heterocycles. The van der Waals surface area contributed by atoms with E-state index in [1.165, 1.54) is 0 Å². The molecule has 0 spiro atoms. The first kappa shape index (κ1) is 17.3. The lowest BCUT2D eigenvalue weighted by molar-refractivity contribution is 0.476. The molecular weight excluding hydrogens is 310 g/mol. The lowest BCUT2D eigenvalue weighted by Crippen LogP contribution is -2.12. The fourth-order valence-corrected chi connectivity index (χ4v) is 3.52. The maximum absolute atomic E-state index is 11.7. The van der Waals surface area contributed by atoms with Gasteiger partial charge >= 0.3 is 0 Å². The molecule has 0 aliphatic rings. The summed E-state index contributed by atoms with van der Waals surface area (Å²) in [4.78, 5) is 0. The van der Waals surface area contributed by atoms with Gasteiger partial charge in [-0.3, -0.25) is 4.72 Å². The van der Waals surface area contributed by atoms with Crippen LogP contribution in [0.4, 0.5) is 5.69 Å². The Morgan fingerprint density at radius 3 is 2.00 bits per heavy atom. The lowest BCUT2D eigenvalue weighted by Gasteiger charge is -2.20. The second-order valence-electron chi connectivity index (χ2n) is 6.22. The van der Waals surface area contributed by atoms with Crippen LogP contribution in [-0.4, -0.2) is 19.8 Å². The lowest BCUT2D eigenvalue weighted by atomic mass is 9.89. The molecule has 124 valence electrons. The van der Waals surface area contributed by atoms with Gasteiger partial charge in [-0.2, -0.15) is 0 Å². The van der Waals surface area contributed by atoms with Crippen molar-refractivity contribution in [2.45, 2.75) is 34.6 Å². The second kappa shape index (κ2) is 5.89. The summed E-state index contributed by atoms with van der Waals surface area (Å²) in [6, 6.07) is 5.49. The molecule has 0 fully saturated rings. The Labute approximate surface area is 138 Å². The molecule has 0 unspecified atom stereocenters. The Bertz CT molecular complexity index is 861. The van der Waals surface area contributed by atoms with Crippen molar-refractivity contribution in [2.75, 3.05) is 11.0 Å². The van der Waals surface area contributed by atoms with Crippen molar-refractivity contribution in [3.8, 4) is 16.9 Å². The summed E-state index contributed by atoms with van der Waals surface area (Å²) >= 11 is 0. The molecule has 4 nitrogen and oxygen atoms in total. The Kier molecular flexibility index (Phi) is 4.44. The van der Waals surface area contributed by atoms with Crippen LogP contribution in [0.5, 0.6) is 5.75 Å². The fraction of sp³-hybridized carbons (Fsp3) is 0.333. The first-order chi connectivity index (χ1) is 10.5. The largest absolute Gasteiger partial charge is 0.507 e. The normalized spacial score (nSPS) is 11.6. The Balaban J connectivity index is 2.88. The molecule has 0 atom stereocenters. The molecular formula is C18H23NO3S. The zero-order valence-corrected chi connectivity index (χ0v) is 15.2. The van der Waals surface area contributed by atoms with Crippen LogP contribution in [0.15, 0.2) is 18.2 Å². The van der Waals surface area contributed by atoms with Crippen molar-refractivity contribution < 1.29 is 13.5 Å². The van der Waals surface area contributed by atoms with E-state index in [9.17, 15) is 13.5 Å². The van der Waals surface area contributed by atoms with Crippen molar-refractivity contribution in [1.82, 2.24) is 0 Å². The van der Waals surface area contributed by atoms with E-state index in [0.29, 0.717) is 11.3 Å². The van der Waals surface area contributed by atoms with Gasteiger partial charge in [0, 0.05) is 11.1 Å². The molecule has 5 heteroatoms. The highest BCUT2D eigenvalue weighted by atomic mass is 32.2. The van der Waals surface area contributed by atoms with Gasteiger partial charge in [0.2, 0.25) is 10.0 Å². The Hall–Kier alpha value is -2.01. The Morgan fingerprint density at radius 2 is 1.48 bits per heavy atom. The third kappa shape index (κ3) is 3.50. The van der Waals surface area contributed by atoms with Crippen LogP contribution >= 0.6 is 0 Å². The first-order valence-corrected chi connectivity index (χ1v) is 9.29. The quantitative estimate of drug-likeness (QED) is 0.893. The average Bonchev–Trinajstić information content (AvgIpc) is 2.37. The van der Waals surface area contributed by atoms with Crippen molar-refractivity contribution in [3.05, 3.63) is 46.0 Å². The van der Waals surface area contributed by atoms with E-state index in [-0.39, 0.29) is 5.75 Å². The van der Waals surface area contributed by atoms with Crippen molar-refractivity contribution in [1.29, 1.82) is 0 Å². The van der Waals surface area contributed by atoms with E-state index in [1.807, 2.05) is 46.8 Å². The average molecular weight is 333 g/mol. The zero-order chi connectivity index (χ0) is 17.5. The maximum Gasteiger partial charge on any atom is 0.229 e. The number of rotatable bonds is 3. The van der Waals surface area contributed by atoms with Gasteiger partial charge in [-0.25, -0.2) is 8.42 Å². The van der Waals surface area contributed by atoms with Gasteiger partial charge in [0.1, 0.15) is 5.75 Å². The third-order valence-corrected chi connectivity index (χ3v) is 4.75. The van der Waals surface area contributed by atoms with Crippen LogP contribution in [-0.2, 0) is 10.0 Å². The molecule has 2 N–H and O–H groups in total. The molecule has 2 aromatic rings. The van der Waals surface area contributed by atoms with E-state index >= 15 is 0 Å². The predicted molar refractivity (Wildman–Crippen MR) is 95.7 cm³/mol. The molecule has 0 saturated carbocycles. The van der Waals surface area contributed by atoms with Gasteiger partial charge in [-0.15, -0.1) is 0 Å². The van der Waals surface area contributed by atoms with Crippen LogP contribution in [0.2, 0.25) is 0 Å². The summed E-state index contributed by atoms with van der Waals surface area (Å²) in [5.74, 6) is 0.158. The van der Waals surface area contributed by atoms with E-state index in [0.717, 1.165) is 39.6 Å². The summed E-state index contributed by atoms with van der Waals surface area (Å²) in [6.45, 7) is 9.73. The van der Waals surface area contributed by atoms with Crippen LogP contribution < -0.4 is 4.72 Å². The SMILES string of the molecule is Cc1cc(C)c(-c2c(NS(C)(=O)=O)cc(C)c(C)c2C)c(O)c1. The molecule has 2 aromatic carbocycles. The molecule has 0 saturated heterocycles. The van der Waals surface area contributed by atoms with Gasteiger partial charge in [0.25, 0.3) is 0 Å². The minimum absolute atomic E-state index is 0.158. The van der Waals surface area contributed by atoms with Gasteiger partial charge in [-0.1, -0.05) is 6.07 Å². The van der Waals surface area contributed by atoms with E-state index in [2.05, 4.69) is 4.72 Å². The number of phenols is 1. The summed E-state index contributed by atoms with van der Waals surface area (Å²) in [7, 11) is -3.42. The third-order valence-electron chi connectivity index (χ3n) is 4.16. The molecule has 0 amide bonds. The van der Waals surface area contributed by atoms with Crippen LogP contribution in [0.1, 0.15) is 27.8 Å². The second-order valence-corrected chi connectivity index (χ2v) is 7.96. The summed E-state index contributed by atoms with van der Waals surface area (Å²) < 4.78 is 26.1. The van der Waals surface area contributed by atoms with Crippen LogP contribution in [0.3, 0.4) is 0 Å². The number of aromatic hydroxyl groups is 1. The molecule has 0 heterocycles. The van der Waals surface area contributed by atoms with Crippen LogP contribution in [0.25, 0.3) is 11.1 Å². The monoisotopic (exact) mass is 333 g/mol. The standard InChI is InChI=1S/C18H23NO3S/c1-10-7-12(3)17(16(20)8-10)18-14(5)13(4)11(2)9-15(18)19-23(6,21)22/h7-9,19-20H,1-6H3. The number of hydrogen-bond acceptors (Lipinski definition) is 3. The summed E-state index contributed by atoms with van der Waals surface area (Å²) in [5.41, 5.74) is 6.80. The minimum Gasteiger partial charge on any atom is -0.507 e.